The lowest BCUT2D eigenvalue weighted by Crippen LogP contribution is -2.26. The molecule has 2 heterocycles. The van der Waals surface area contributed by atoms with Crippen LogP contribution >= 0.6 is 11.6 Å². The number of amides is 1. The summed E-state index contributed by atoms with van der Waals surface area (Å²) in [6.45, 7) is 5.39. The van der Waals surface area contributed by atoms with E-state index in [9.17, 15) is 4.79 Å². The molecule has 1 amide bonds. The van der Waals surface area contributed by atoms with Crippen molar-refractivity contribution in [2.75, 3.05) is 7.05 Å². The summed E-state index contributed by atoms with van der Waals surface area (Å²) < 4.78 is 3.85. The number of aryl methyl sites for hydroxylation is 3. The quantitative estimate of drug-likeness (QED) is 0.499. The Morgan fingerprint density at radius 3 is 2.54 bits per heavy atom. The maximum absolute atomic E-state index is 12.9. The predicted octanol–water partition coefficient (Wildman–Crippen LogP) is 4.78. The van der Waals surface area contributed by atoms with Gasteiger partial charge in [0.15, 0.2) is 0 Å². The van der Waals surface area contributed by atoms with Gasteiger partial charge in [0, 0.05) is 49.0 Å². The van der Waals surface area contributed by atoms with Crippen LogP contribution in [0.15, 0.2) is 42.5 Å². The number of halogens is 1. The molecule has 0 unspecified atom stereocenters. The van der Waals surface area contributed by atoms with E-state index < -0.39 is 0 Å². The third-order valence-corrected chi connectivity index (χ3v) is 5.72. The molecule has 0 aliphatic heterocycles. The van der Waals surface area contributed by atoms with Crippen molar-refractivity contribution in [1.29, 1.82) is 0 Å². The van der Waals surface area contributed by atoms with Gasteiger partial charge in [-0.3, -0.25) is 9.48 Å². The Kier molecular flexibility index (Phi) is 4.63. The zero-order valence-electron chi connectivity index (χ0n) is 16.5. The maximum Gasteiger partial charge on any atom is 0.258 e. The van der Waals surface area contributed by atoms with Gasteiger partial charge in [0.1, 0.15) is 5.15 Å². The summed E-state index contributed by atoms with van der Waals surface area (Å²) in [4.78, 5) is 14.6. The molecule has 6 heteroatoms. The average molecular weight is 395 g/mol. The number of carbonyl (C=O) groups is 1. The molecule has 0 fully saturated rings. The molecule has 2 aromatic carbocycles. The van der Waals surface area contributed by atoms with E-state index in [1.807, 2.05) is 0 Å². The number of rotatable bonds is 4. The van der Waals surface area contributed by atoms with Crippen LogP contribution in [-0.2, 0) is 20.1 Å². The van der Waals surface area contributed by atoms with Crippen LogP contribution in [0.4, 0.5) is 0 Å². The molecule has 4 rings (SSSR count). The number of aromatic nitrogens is 3. The lowest BCUT2D eigenvalue weighted by Gasteiger charge is -2.17. The monoisotopic (exact) mass is 394 g/mol. The standard InChI is InChI=1S/C22H23ClN4O/c1-5-27-18-9-7-6-8-16(18)17-12-15(10-11-19(17)27)13-25(3)22(28)20-14(2)24-26(4)21(20)23/h6-12H,5,13H2,1-4H3. The Morgan fingerprint density at radius 2 is 1.86 bits per heavy atom. The molecule has 28 heavy (non-hydrogen) atoms. The van der Waals surface area contributed by atoms with Crippen molar-refractivity contribution < 1.29 is 4.79 Å². The SMILES string of the molecule is CCn1c2ccccc2c2cc(CN(C)C(=O)c3c(C)nn(C)c3Cl)ccc21. The van der Waals surface area contributed by atoms with E-state index in [0.717, 1.165) is 12.1 Å². The Morgan fingerprint density at radius 1 is 1.14 bits per heavy atom. The molecule has 0 bridgehead atoms. The molecule has 4 aromatic rings. The summed E-state index contributed by atoms with van der Waals surface area (Å²) in [6.07, 6.45) is 0. The van der Waals surface area contributed by atoms with E-state index in [1.165, 1.54) is 26.5 Å². The second kappa shape index (κ2) is 6.99. The summed E-state index contributed by atoms with van der Waals surface area (Å²) in [5.74, 6) is -0.119. The molecule has 0 aliphatic rings. The number of para-hydroxylation sites is 1. The van der Waals surface area contributed by atoms with Gasteiger partial charge in [-0.1, -0.05) is 35.9 Å². The molecule has 144 valence electrons. The molecule has 0 atom stereocenters. The normalized spacial score (nSPS) is 11.5. The number of fused-ring (bicyclic) bond motifs is 3. The van der Waals surface area contributed by atoms with E-state index in [2.05, 4.69) is 59.1 Å². The topological polar surface area (TPSA) is 43.1 Å². The van der Waals surface area contributed by atoms with E-state index in [4.69, 9.17) is 11.6 Å². The minimum absolute atomic E-state index is 0.119. The van der Waals surface area contributed by atoms with Gasteiger partial charge < -0.3 is 9.47 Å². The van der Waals surface area contributed by atoms with Gasteiger partial charge in [0.05, 0.1) is 11.3 Å². The van der Waals surface area contributed by atoms with Crippen LogP contribution in [0.1, 0.15) is 28.5 Å². The van der Waals surface area contributed by atoms with Crippen molar-refractivity contribution >= 4 is 39.3 Å². The average Bonchev–Trinajstić information content (AvgIpc) is 3.14. The lowest BCUT2D eigenvalue weighted by molar-refractivity contribution is 0.0784. The first-order valence-electron chi connectivity index (χ1n) is 9.36. The van der Waals surface area contributed by atoms with E-state index >= 15 is 0 Å². The molecule has 0 radical (unpaired) electrons. The van der Waals surface area contributed by atoms with Crippen molar-refractivity contribution in [2.24, 2.45) is 7.05 Å². The minimum atomic E-state index is -0.119. The molecule has 0 saturated carbocycles. The van der Waals surface area contributed by atoms with Gasteiger partial charge in [-0.2, -0.15) is 5.10 Å². The highest BCUT2D eigenvalue weighted by molar-refractivity contribution is 6.33. The van der Waals surface area contributed by atoms with E-state index in [-0.39, 0.29) is 5.91 Å². The first-order chi connectivity index (χ1) is 13.4. The van der Waals surface area contributed by atoms with E-state index in [0.29, 0.717) is 23.0 Å². The van der Waals surface area contributed by atoms with Gasteiger partial charge in [-0.25, -0.2) is 0 Å². The molecule has 0 N–H and O–H groups in total. The van der Waals surface area contributed by atoms with Crippen LogP contribution in [0.2, 0.25) is 5.15 Å². The number of nitrogens with zero attached hydrogens (tertiary/aromatic N) is 4. The van der Waals surface area contributed by atoms with Crippen LogP contribution in [0.5, 0.6) is 0 Å². The highest BCUT2D eigenvalue weighted by Crippen LogP contribution is 2.30. The zero-order valence-corrected chi connectivity index (χ0v) is 17.3. The second-order valence-electron chi connectivity index (χ2n) is 7.15. The zero-order chi connectivity index (χ0) is 20.0. The molecule has 5 nitrogen and oxygen atoms in total. The number of hydrogen-bond donors (Lipinski definition) is 0. The van der Waals surface area contributed by atoms with Crippen molar-refractivity contribution in [3.05, 3.63) is 64.4 Å². The smallest absolute Gasteiger partial charge is 0.258 e. The summed E-state index contributed by atoms with van der Waals surface area (Å²) in [6, 6.07) is 14.9. The van der Waals surface area contributed by atoms with Crippen LogP contribution in [-0.4, -0.2) is 32.2 Å². The van der Waals surface area contributed by atoms with Crippen LogP contribution < -0.4 is 0 Å². The molecule has 2 aromatic heterocycles. The Hall–Kier alpha value is -2.79. The fourth-order valence-electron chi connectivity index (χ4n) is 3.95. The fourth-order valence-corrected chi connectivity index (χ4v) is 4.20. The molecular weight excluding hydrogens is 372 g/mol. The number of carbonyl (C=O) groups excluding carboxylic acids is 1. The van der Waals surface area contributed by atoms with Crippen molar-refractivity contribution in [3.63, 3.8) is 0 Å². The largest absolute Gasteiger partial charge is 0.341 e. The van der Waals surface area contributed by atoms with Crippen LogP contribution in [0.3, 0.4) is 0 Å². The highest BCUT2D eigenvalue weighted by Gasteiger charge is 2.22. The molecular formula is C22H23ClN4O. The van der Waals surface area contributed by atoms with Crippen molar-refractivity contribution in [1.82, 2.24) is 19.2 Å². The van der Waals surface area contributed by atoms with E-state index in [1.54, 1.807) is 25.9 Å². The van der Waals surface area contributed by atoms with Gasteiger partial charge in [-0.05, 0) is 37.6 Å². The Bertz CT molecular complexity index is 1200. The van der Waals surface area contributed by atoms with Gasteiger partial charge in [0.25, 0.3) is 5.91 Å². The second-order valence-corrected chi connectivity index (χ2v) is 7.51. The first-order valence-corrected chi connectivity index (χ1v) is 9.74. The summed E-state index contributed by atoms with van der Waals surface area (Å²) in [5.41, 5.74) is 4.65. The van der Waals surface area contributed by atoms with Crippen LogP contribution in [0.25, 0.3) is 21.8 Å². The molecule has 0 aliphatic carbocycles. The third kappa shape index (κ3) is 2.87. The summed E-state index contributed by atoms with van der Waals surface area (Å²) in [7, 11) is 3.54. The number of benzene rings is 2. The minimum Gasteiger partial charge on any atom is -0.341 e. The Balaban J connectivity index is 1.70. The van der Waals surface area contributed by atoms with Gasteiger partial charge in [-0.15, -0.1) is 0 Å². The maximum atomic E-state index is 12.9. The predicted molar refractivity (Wildman–Crippen MR) is 114 cm³/mol. The van der Waals surface area contributed by atoms with Crippen molar-refractivity contribution in [3.8, 4) is 0 Å². The Labute approximate surface area is 169 Å². The lowest BCUT2D eigenvalue weighted by atomic mass is 10.1. The highest BCUT2D eigenvalue weighted by atomic mass is 35.5. The number of hydrogen-bond acceptors (Lipinski definition) is 2. The molecule has 0 spiro atoms. The van der Waals surface area contributed by atoms with Gasteiger partial charge in [0.2, 0.25) is 0 Å². The fraction of sp³-hybridized carbons (Fsp3) is 0.273. The summed E-state index contributed by atoms with van der Waals surface area (Å²) in [5, 5.41) is 7.07. The summed E-state index contributed by atoms with van der Waals surface area (Å²) >= 11 is 6.27. The van der Waals surface area contributed by atoms with Gasteiger partial charge >= 0.3 is 0 Å². The van der Waals surface area contributed by atoms with Crippen LogP contribution in [0, 0.1) is 6.92 Å². The molecule has 0 saturated heterocycles. The first kappa shape index (κ1) is 18.6. The van der Waals surface area contributed by atoms with Crippen molar-refractivity contribution in [2.45, 2.75) is 26.9 Å². The third-order valence-electron chi connectivity index (χ3n) is 5.29.